The summed E-state index contributed by atoms with van der Waals surface area (Å²) in [6.45, 7) is 4.70. The monoisotopic (exact) mass is 383 g/mol. The van der Waals surface area contributed by atoms with Crippen LogP contribution in [0.4, 0.5) is 5.82 Å². The van der Waals surface area contributed by atoms with E-state index in [4.69, 9.17) is 0 Å². The molecule has 0 aliphatic carbocycles. The standard InChI is InChI=1S/C20H25N5OS/c1-14-12-17(22-24(14)3)20(26)23(2)13-15-5-9-25(10-6-15)19-16-7-11-27-18(16)4-8-21-19/h4,7-8,11-12,15H,5-6,9-10,13H2,1-3H3. The van der Waals surface area contributed by atoms with E-state index in [-0.39, 0.29) is 5.91 Å². The van der Waals surface area contributed by atoms with E-state index in [0.717, 1.165) is 44.0 Å². The fourth-order valence-electron chi connectivity index (χ4n) is 3.79. The van der Waals surface area contributed by atoms with Gasteiger partial charge in [0, 0.05) is 55.7 Å². The highest BCUT2D eigenvalue weighted by Crippen LogP contribution is 2.31. The van der Waals surface area contributed by atoms with Gasteiger partial charge in [0.1, 0.15) is 5.82 Å². The number of aromatic nitrogens is 3. The fraction of sp³-hybridized carbons (Fsp3) is 0.450. The largest absolute Gasteiger partial charge is 0.356 e. The summed E-state index contributed by atoms with van der Waals surface area (Å²) in [5.41, 5.74) is 1.53. The number of piperidine rings is 1. The molecule has 1 fully saturated rings. The number of carbonyl (C=O) groups is 1. The minimum Gasteiger partial charge on any atom is -0.356 e. The van der Waals surface area contributed by atoms with E-state index >= 15 is 0 Å². The number of rotatable bonds is 4. The van der Waals surface area contributed by atoms with Gasteiger partial charge in [-0.15, -0.1) is 11.3 Å². The first-order valence-corrected chi connectivity index (χ1v) is 10.2. The zero-order valence-electron chi connectivity index (χ0n) is 16.1. The number of carbonyl (C=O) groups excluding carboxylic acids is 1. The van der Waals surface area contributed by atoms with E-state index in [0.29, 0.717) is 11.6 Å². The number of fused-ring (bicyclic) bond motifs is 1. The van der Waals surface area contributed by atoms with Crippen LogP contribution >= 0.6 is 11.3 Å². The van der Waals surface area contributed by atoms with Gasteiger partial charge in [0.05, 0.1) is 0 Å². The van der Waals surface area contributed by atoms with Crippen molar-refractivity contribution in [3.05, 3.63) is 41.2 Å². The van der Waals surface area contributed by atoms with Crippen LogP contribution in [-0.4, -0.2) is 52.3 Å². The molecule has 0 aromatic carbocycles. The van der Waals surface area contributed by atoms with Crippen LogP contribution in [0.15, 0.2) is 29.8 Å². The third kappa shape index (κ3) is 3.56. The lowest BCUT2D eigenvalue weighted by atomic mass is 9.96. The summed E-state index contributed by atoms with van der Waals surface area (Å²) < 4.78 is 3.04. The minimum atomic E-state index is 0.00540. The summed E-state index contributed by atoms with van der Waals surface area (Å²) in [5, 5.41) is 7.69. The molecule has 0 atom stereocenters. The molecule has 0 spiro atoms. The third-order valence-corrected chi connectivity index (χ3v) is 6.37. The summed E-state index contributed by atoms with van der Waals surface area (Å²) in [7, 11) is 3.75. The van der Waals surface area contributed by atoms with Crippen LogP contribution in [-0.2, 0) is 7.05 Å². The van der Waals surface area contributed by atoms with Gasteiger partial charge >= 0.3 is 0 Å². The van der Waals surface area contributed by atoms with Crippen LogP contribution in [0.3, 0.4) is 0 Å². The Balaban J connectivity index is 1.36. The van der Waals surface area contributed by atoms with Crippen molar-refractivity contribution in [3.8, 4) is 0 Å². The number of amides is 1. The quantitative estimate of drug-likeness (QED) is 0.693. The summed E-state index contributed by atoms with van der Waals surface area (Å²) in [6, 6.07) is 6.10. The number of thiophene rings is 1. The topological polar surface area (TPSA) is 54.3 Å². The van der Waals surface area contributed by atoms with E-state index in [9.17, 15) is 4.79 Å². The highest BCUT2D eigenvalue weighted by molar-refractivity contribution is 7.17. The predicted octanol–water partition coefficient (Wildman–Crippen LogP) is 3.33. The second-order valence-corrected chi connectivity index (χ2v) is 8.33. The molecule has 1 aliphatic rings. The van der Waals surface area contributed by atoms with E-state index in [1.54, 1.807) is 16.0 Å². The molecule has 0 radical (unpaired) electrons. The van der Waals surface area contributed by atoms with Crippen molar-refractivity contribution in [1.82, 2.24) is 19.7 Å². The van der Waals surface area contributed by atoms with Gasteiger partial charge in [0.2, 0.25) is 0 Å². The molecule has 1 amide bonds. The van der Waals surface area contributed by atoms with Crippen molar-refractivity contribution >= 4 is 33.1 Å². The first-order valence-electron chi connectivity index (χ1n) is 9.36. The number of nitrogens with zero attached hydrogens (tertiary/aromatic N) is 5. The summed E-state index contributed by atoms with van der Waals surface area (Å²) in [5.74, 6) is 1.62. The lowest BCUT2D eigenvalue weighted by Crippen LogP contribution is -2.40. The molecule has 0 bridgehead atoms. The van der Waals surface area contributed by atoms with Crippen LogP contribution in [0.5, 0.6) is 0 Å². The Kier molecular flexibility index (Phi) is 4.86. The highest BCUT2D eigenvalue weighted by Gasteiger charge is 2.25. The second kappa shape index (κ2) is 7.31. The summed E-state index contributed by atoms with van der Waals surface area (Å²) >= 11 is 1.76. The minimum absolute atomic E-state index is 0.00540. The van der Waals surface area contributed by atoms with Gasteiger partial charge in [-0.1, -0.05) is 0 Å². The maximum Gasteiger partial charge on any atom is 0.274 e. The van der Waals surface area contributed by atoms with Gasteiger partial charge in [0.15, 0.2) is 5.69 Å². The fourth-order valence-corrected chi connectivity index (χ4v) is 4.57. The van der Waals surface area contributed by atoms with Crippen molar-refractivity contribution in [2.24, 2.45) is 13.0 Å². The van der Waals surface area contributed by atoms with Gasteiger partial charge in [0.25, 0.3) is 5.91 Å². The number of pyridine rings is 1. The first-order chi connectivity index (χ1) is 13.0. The maximum atomic E-state index is 12.6. The zero-order valence-corrected chi connectivity index (χ0v) is 16.9. The first kappa shape index (κ1) is 18.0. The van der Waals surface area contributed by atoms with Gasteiger partial charge in [-0.25, -0.2) is 4.98 Å². The Morgan fingerprint density at radius 1 is 1.33 bits per heavy atom. The number of aryl methyl sites for hydroxylation is 2. The van der Waals surface area contributed by atoms with Gasteiger partial charge in [-0.2, -0.15) is 5.10 Å². The molecule has 6 nitrogen and oxygen atoms in total. The Bertz CT molecular complexity index is 935. The van der Waals surface area contributed by atoms with Crippen LogP contribution in [0.25, 0.3) is 10.1 Å². The van der Waals surface area contributed by atoms with Crippen molar-refractivity contribution in [3.63, 3.8) is 0 Å². The Morgan fingerprint density at radius 3 is 2.81 bits per heavy atom. The smallest absolute Gasteiger partial charge is 0.274 e. The third-order valence-electron chi connectivity index (χ3n) is 5.48. The normalized spacial score (nSPS) is 15.4. The van der Waals surface area contributed by atoms with Crippen LogP contribution < -0.4 is 4.90 Å². The maximum absolute atomic E-state index is 12.6. The molecule has 3 aromatic heterocycles. The molecule has 0 saturated carbocycles. The summed E-state index contributed by atoms with van der Waals surface area (Å²) in [6.07, 6.45) is 4.05. The molecule has 4 rings (SSSR count). The lowest BCUT2D eigenvalue weighted by Gasteiger charge is -2.34. The zero-order chi connectivity index (χ0) is 19.0. The number of hydrogen-bond donors (Lipinski definition) is 0. The Morgan fingerprint density at radius 2 is 2.11 bits per heavy atom. The average molecular weight is 384 g/mol. The second-order valence-electron chi connectivity index (χ2n) is 7.38. The van der Waals surface area contributed by atoms with E-state index in [2.05, 4.69) is 32.5 Å². The highest BCUT2D eigenvalue weighted by atomic mass is 32.1. The molecule has 27 heavy (non-hydrogen) atoms. The molecule has 7 heteroatoms. The molecular weight excluding hydrogens is 358 g/mol. The van der Waals surface area contributed by atoms with Crippen molar-refractivity contribution in [1.29, 1.82) is 0 Å². The molecule has 1 saturated heterocycles. The molecular formula is C20H25N5OS. The van der Waals surface area contributed by atoms with E-state index in [1.165, 1.54) is 10.1 Å². The van der Waals surface area contributed by atoms with Crippen molar-refractivity contribution < 1.29 is 4.79 Å². The molecule has 3 aromatic rings. The molecule has 0 N–H and O–H groups in total. The van der Waals surface area contributed by atoms with Gasteiger partial charge in [-0.05, 0) is 49.3 Å². The van der Waals surface area contributed by atoms with Crippen molar-refractivity contribution in [2.45, 2.75) is 19.8 Å². The van der Waals surface area contributed by atoms with Crippen LogP contribution in [0, 0.1) is 12.8 Å². The lowest BCUT2D eigenvalue weighted by molar-refractivity contribution is 0.0758. The molecule has 4 heterocycles. The molecule has 1 aliphatic heterocycles. The predicted molar refractivity (Wildman–Crippen MR) is 109 cm³/mol. The van der Waals surface area contributed by atoms with Crippen LogP contribution in [0.2, 0.25) is 0 Å². The van der Waals surface area contributed by atoms with Crippen molar-refractivity contribution in [2.75, 3.05) is 31.6 Å². The van der Waals surface area contributed by atoms with Gasteiger partial charge < -0.3 is 9.80 Å². The average Bonchev–Trinajstić information content (AvgIpc) is 3.28. The molecule has 142 valence electrons. The van der Waals surface area contributed by atoms with Gasteiger partial charge in [-0.3, -0.25) is 9.48 Å². The Hall–Kier alpha value is -2.41. The van der Waals surface area contributed by atoms with E-state index in [1.807, 2.05) is 38.2 Å². The van der Waals surface area contributed by atoms with E-state index < -0.39 is 0 Å². The Labute approximate surface area is 163 Å². The number of hydrogen-bond acceptors (Lipinski definition) is 5. The molecule has 0 unspecified atom stereocenters. The van der Waals surface area contributed by atoms with Crippen LogP contribution in [0.1, 0.15) is 29.0 Å². The summed E-state index contributed by atoms with van der Waals surface area (Å²) in [4.78, 5) is 21.4. The SMILES string of the molecule is Cc1cc(C(=O)N(C)CC2CCN(c3nccc4sccc34)CC2)nn1C. The number of anilines is 1.